The molecule has 0 aliphatic carbocycles. The topological polar surface area (TPSA) is 92.4 Å². The van der Waals surface area contributed by atoms with E-state index in [1.165, 1.54) is 12.1 Å². The van der Waals surface area contributed by atoms with E-state index >= 15 is 0 Å². The SMILES string of the molecule is Cc1c(N)cccc1C(=O)Nc1cccc(F)c1C(=O)O. The van der Waals surface area contributed by atoms with Crippen molar-refractivity contribution in [2.75, 3.05) is 11.1 Å². The molecule has 2 rings (SSSR count). The highest BCUT2D eigenvalue weighted by atomic mass is 19.1. The molecule has 21 heavy (non-hydrogen) atoms. The molecule has 0 unspecified atom stereocenters. The Morgan fingerprint density at radius 2 is 1.86 bits per heavy atom. The zero-order chi connectivity index (χ0) is 15.6. The normalized spacial score (nSPS) is 10.2. The number of carboxylic acids is 1. The van der Waals surface area contributed by atoms with E-state index in [9.17, 15) is 14.0 Å². The van der Waals surface area contributed by atoms with Crippen LogP contribution in [0.25, 0.3) is 0 Å². The van der Waals surface area contributed by atoms with Crippen molar-refractivity contribution >= 4 is 23.3 Å². The van der Waals surface area contributed by atoms with Crippen LogP contribution in [-0.2, 0) is 0 Å². The molecule has 5 nitrogen and oxygen atoms in total. The fraction of sp³-hybridized carbons (Fsp3) is 0.0667. The number of hydrogen-bond donors (Lipinski definition) is 3. The molecule has 0 aliphatic rings. The number of nitrogens with one attached hydrogen (secondary N) is 1. The highest BCUT2D eigenvalue weighted by Crippen LogP contribution is 2.21. The Kier molecular flexibility index (Phi) is 3.89. The molecule has 0 heterocycles. The minimum absolute atomic E-state index is 0.102. The summed E-state index contributed by atoms with van der Waals surface area (Å²) in [7, 11) is 0. The van der Waals surface area contributed by atoms with Crippen molar-refractivity contribution in [2.24, 2.45) is 0 Å². The standard InChI is InChI=1S/C15H13FN2O3/c1-8-9(4-2-6-11(8)17)14(19)18-12-7-3-5-10(16)13(12)15(20)21/h2-7H,17H2,1H3,(H,18,19)(H,20,21). The zero-order valence-corrected chi connectivity index (χ0v) is 11.2. The summed E-state index contributed by atoms with van der Waals surface area (Å²) in [6, 6.07) is 8.49. The number of carbonyl (C=O) groups is 2. The molecule has 0 atom stereocenters. The van der Waals surface area contributed by atoms with Crippen LogP contribution < -0.4 is 11.1 Å². The molecule has 0 spiro atoms. The molecule has 0 radical (unpaired) electrons. The molecule has 6 heteroatoms. The molecular weight excluding hydrogens is 275 g/mol. The number of nitrogens with two attached hydrogens (primary N) is 1. The first-order chi connectivity index (χ1) is 9.91. The van der Waals surface area contributed by atoms with Gasteiger partial charge in [0.1, 0.15) is 11.4 Å². The van der Waals surface area contributed by atoms with Crippen LogP contribution >= 0.6 is 0 Å². The predicted molar refractivity (Wildman–Crippen MR) is 76.9 cm³/mol. The average Bonchev–Trinajstić information content (AvgIpc) is 2.41. The number of carbonyl (C=O) groups excluding carboxylic acids is 1. The van der Waals surface area contributed by atoms with Gasteiger partial charge in [0, 0.05) is 11.3 Å². The summed E-state index contributed by atoms with van der Waals surface area (Å²) in [6.45, 7) is 1.67. The van der Waals surface area contributed by atoms with E-state index in [2.05, 4.69) is 5.32 Å². The lowest BCUT2D eigenvalue weighted by Gasteiger charge is -2.11. The van der Waals surface area contributed by atoms with Gasteiger partial charge in [0.15, 0.2) is 0 Å². The monoisotopic (exact) mass is 288 g/mol. The van der Waals surface area contributed by atoms with Gasteiger partial charge in [-0.05, 0) is 36.8 Å². The Morgan fingerprint density at radius 3 is 2.52 bits per heavy atom. The van der Waals surface area contributed by atoms with Gasteiger partial charge in [0.2, 0.25) is 0 Å². The van der Waals surface area contributed by atoms with Crippen molar-refractivity contribution in [3.8, 4) is 0 Å². The van der Waals surface area contributed by atoms with Crippen LogP contribution in [0.15, 0.2) is 36.4 Å². The molecule has 2 aromatic rings. The Hall–Kier alpha value is -2.89. The summed E-state index contributed by atoms with van der Waals surface area (Å²) in [4.78, 5) is 23.3. The van der Waals surface area contributed by atoms with Crippen molar-refractivity contribution < 1.29 is 19.1 Å². The molecule has 2 aromatic carbocycles. The molecule has 0 aliphatic heterocycles. The summed E-state index contributed by atoms with van der Waals surface area (Å²) < 4.78 is 13.5. The van der Waals surface area contributed by atoms with Crippen LogP contribution in [0.5, 0.6) is 0 Å². The predicted octanol–water partition coefficient (Wildman–Crippen LogP) is 2.67. The van der Waals surface area contributed by atoms with Crippen LogP contribution in [0, 0.1) is 12.7 Å². The van der Waals surface area contributed by atoms with Gasteiger partial charge in [0.05, 0.1) is 5.69 Å². The molecule has 0 saturated carbocycles. The van der Waals surface area contributed by atoms with Crippen LogP contribution in [0.4, 0.5) is 15.8 Å². The van der Waals surface area contributed by atoms with Crippen LogP contribution in [-0.4, -0.2) is 17.0 Å². The van der Waals surface area contributed by atoms with E-state index in [4.69, 9.17) is 10.8 Å². The summed E-state index contributed by atoms with van der Waals surface area (Å²) in [5.74, 6) is -2.91. The van der Waals surface area contributed by atoms with E-state index in [0.717, 1.165) is 6.07 Å². The highest BCUT2D eigenvalue weighted by molar-refractivity contribution is 6.09. The van der Waals surface area contributed by atoms with Gasteiger partial charge in [-0.1, -0.05) is 12.1 Å². The molecule has 0 fully saturated rings. The molecular formula is C15H13FN2O3. The van der Waals surface area contributed by atoms with Gasteiger partial charge in [-0.25, -0.2) is 9.18 Å². The maximum absolute atomic E-state index is 13.5. The van der Waals surface area contributed by atoms with Gasteiger partial charge in [-0.15, -0.1) is 0 Å². The van der Waals surface area contributed by atoms with E-state index in [1.54, 1.807) is 25.1 Å². The fourth-order valence-electron chi connectivity index (χ4n) is 1.93. The van der Waals surface area contributed by atoms with Crippen molar-refractivity contribution in [2.45, 2.75) is 6.92 Å². The molecule has 0 aromatic heterocycles. The molecule has 4 N–H and O–H groups in total. The molecule has 108 valence electrons. The summed E-state index contributed by atoms with van der Waals surface area (Å²) in [5.41, 5.74) is 6.36. The van der Waals surface area contributed by atoms with Gasteiger partial charge in [-0.3, -0.25) is 4.79 Å². The maximum Gasteiger partial charge on any atom is 0.340 e. The second kappa shape index (κ2) is 5.62. The first-order valence-electron chi connectivity index (χ1n) is 6.10. The minimum atomic E-state index is -1.45. The highest BCUT2D eigenvalue weighted by Gasteiger charge is 2.18. The minimum Gasteiger partial charge on any atom is -0.478 e. The number of halogens is 1. The number of hydrogen-bond acceptors (Lipinski definition) is 3. The van der Waals surface area contributed by atoms with Crippen LogP contribution in [0.2, 0.25) is 0 Å². The van der Waals surface area contributed by atoms with Crippen LogP contribution in [0.1, 0.15) is 26.3 Å². The third-order valence-electron chi connectivity index (χ3n) is 3.10. The number of carboxylic acid groups (broad SMARTS) is 1. The third kappa shape index (κ3) is 2.84. The van der Waals surface area contributed by atoms with E-state index < -0.39 is 23.3 Å². The first kappa shape index (κ1) is 14.5. The summed E-state index contributed by atoms with van der Waals surface area (Å²) in [6.07, 6.45) is 0. The van der Waals surface area contributed by atoms with E-state index in [-0.39, 0.29) is 5.69 Å². The lowest BCUT2D eigenvalue weighted by molar-refractivity contribution is 0.0693. The number of nitrogen functional groups attached to an aromatic ring is 1. The lowest BCUT2D eigenvalue weighted by atomic mass is 10.1. The number of rotatable bonds is 3. The molecule has 1 amide bonds. The Morgan fingerprint density at radius 1 is 1.19 bits per heavy atom. The van der Waals surface area contributed by atoms with E-state index in [1.807, 2.05) is 0 Å². The van der Waals surface area contributed by atoms with Crippen molar-refractivity contribution in [3.63, 3.8) is 0 Å². The fourth-order valence-corrected chi connectivity index (χ4v) is 1.93. The van der Waals surface area contributed by atoms with Gasteiger partial charge in [-0.2, -0.15) is 0 Å². The second-order valence-corrected chi connectivity index (χ2v) is 4.44. The Bertz CT molecular complexity index is 729. The zero-order valence-electron chi connectivity index (χ0n) is 11.2. The number of anilines is 2. The van der Waals surface area contributed by atoms with E-state index in [0.29, 0.717) is 16.8 Å². The number of amides is 1. The molecule has 0 saturated heterocycles. The van der Waals surface area contributed by atoms with Gasteiger partial charge >= 0.3 is 5.97 Å². The smallest absolute Gasteiger partial charge is 0.340 e. The lowest BCUT2D eigenvalue weighted by Crippen LogP contribution is -2.17. The second-order valence-electron chi connectivity index (χ2n) is 4.44. The number of aromatic carboxylic acids is 1. The maximum atomic E-state index is 13.5. The summed E-state index contributed by atoms with van der Waals surface area (Å²) >= 11 is 0. The van der Waals surface area contributed by atoms with Crippen LogP contribution in [0.3, 0.4) is 0 Å². The average molecular weight is 288 g/mol. The first-order valence-corrected chi connectivity index (χ1v) is 6.10. The summed E-state index contributed by atoms with van der Waals surface area (Å²) in [5, 5.41) is 11.4. The number of benzene rings is 2. The molecule has 0 bridgehead atoms. The largest absolute Gasteiger partial charge is 0.478 e. The van der Waals surface area contributed by atoms with Crippen molar-refractivity contribution in [3.05, 3.63) is 58.9 Å². The van der Waals surface area contributed by atoms with Crippen molar-refractivity contribution in [1.82, 2.24) is 0 Å². The quantitative estimate of drug-likeness (QED) is 0.757. The Balaban J connectivity index is 2.39. The van der Waals surface area contributed by atoms with Crippen molar-refractivity contribution in [1.29, 1.82) is 0 Å². The van der Waals surface area contributed by atoms with Gasteiger partial charge < -0.3 is 16.2 Å². The third-order valence-corrected chi connectivity index (χ3v) is 3.10. The van der Waals surface area contributed by atoms with Gasteiger partial charge in [0.25, 0.3) is 5.91 Å². The Labute approximate surface area is 120 Å².